The second-order valence-corrected chi connectivity index (χ2v) is 11.6. The zero-order valence-electron chi connectivity index (χ0n) is 10.6. The summed E-state index contributed by atoms with van der Waals surface area (Å²) in [6.45, 7) is 15.5. The molecule has 3 heteroatoms. The summed E-state index contributed by atoms with van der Waals surface area (Å²) in [4.78, 5) is 0. The molecular weight excluding hydrogens is 208 g/mol. The first kappa shape index (κ1) is 14.1. The lowest BCUT2D eigenvalue weighted by Crippen LogP contribution is -2.25. The van der Waals surface area contributed by atoms with E-state index in [2.05, 4.69) is 53.4 Å². The molecule has 0 rings (SSSR count). The maximum absolute atomic E-state index is 6.02. The zero-order chi connectivity index (χ0) is 11.4. The SMILES string of the molecule is CC/C=C(/O[Si](C)(C)C)SC(C)(C)C. The molecular formula is C11H24OSSi. The van der Waals surface area contributed by atoms with Crippen LogP contribution in [0.3, 0.4) is 0 Å². The Bertz CT molecular complexity index is 180. The van der Waals surface area contributed by atoms with Gasteiger partial charge in [-0.1, -0.05) is 39.5 Å². The largest absolute Gasteiger partial charge is 0.540 e. The predicted octanol–water partition coefficient (Wildman–Crippen LogP) is 4.62. The van der Waals surface area contributed by atoms with Crippen molar-refractivity contribution in [3.63, 3.8) is 0 Å². The summed E-state index contributed by atoms with van der Waals surface area (Å²) in [5.41, 5.74) is 0. The number of allylic oxidation sites excluding steroid dienone is 1. The van der Waals surface area contributed by atoms with Crippen LogP contribution >= 0.6 is 11.8 Å². The summed E-state index contributed by atoms with van der Waals surface area (Å²) in [7, 11) is -1.45. The van der Waals surface area contributed by atoms with Crippen molar-refractivity contribution in [1.82, 2.24) is 0 Å². The molecule has 0 radical (unpaired) electrons. The molecule has 0 fully saturated rings. The molecule has 0 saturated heterocycles. The van der Waals surface area contributed by atoms with E-state index in [1.165, 1.54) is 0 Å². The van der Waals surface area contributed by atoms with Crippen LogP contribution in [0, 0.1) is 0 Å². The fourth-order valence-corrected chi connectivity index (χ4v) is 3.33. The van der Waals surface area contributed by atoms with E-state index >= 15 is 0 Å². The Labute approximate surface area is 94.4 Å². The van der Waals surface area contributed by atoms with Crippen molar-refractivity contribution in [2.24, 2.45) is 0 Å². The van der Waals surface area contributed by atoms with Gasteiger partial charge in [-0.05, 0) is 32.1 Å². The first-order valence-corrected chi connectivity index (χ1v) is 9.45. The average molecular weight is 232 g/mol. The molecule has 0 aliphatic rings. The second-order valence-electron chi connectivity index (χ2n) is 5.36. The van der Waals surface area contributed by atoms with Gasteiger partial charge in [0.15, 0.2) is 0 Å². The summed E-state index contributed by atoms with van der Waals surface area (Å²) in [5, 5.41) is 1.11. The van der Waals surface area contributed by atoms with E-state index in [9.17, 15) is 0 Å². The highest BCUT2D eigenvalue weighted by Crippen LogP contribution is 2.33. The van der Waals surface area contributed by atoms with Crippen LogP contribution < -0.4 is 0 Å². The van der Waals surface area contributed by atoms with Crippen molar-refractivity contribution in [1.29, 1.82) is 0 Å². The van der Waals surface area contributed by atoms with Crippen molar-refractivity contribution in [2.75, 3.05) is 0 Å². The third kappa shape index (κ3) is 8.69. The smallest absolute Gasteiger partial charge is 0.242 e. The molecule has 0 aromatic heterocycles. The van der Waals surface area contributed by atoms with Crippen LogP contribution in [0.4, 0.5) is 0 Å². The van der Waals surface area contributed by atoms with Crippen LogP contribution in [0.5, 0.6) is 0 Å². The Morgan fingerprint density at radius 2 is 1.79 bits per heavy atom. The van der Waals surface area contributed by atoms with Crippen LogP contribution in [0.1, 0.15) is 34.1 Å². The fraction of sp³-hybridized carbons (Fsp3) is 0.818. The van der Waals surface area contributed by atoms with Gasteiger partial charge >= 0.3 is 0 Å². The molecule has 0 spiro atoms. The zero-order valence-corrected chi connectivity index (χ0v) is 12.4. The summed E-state index contributed by atoms with van der Waals surface area (Å²) < 4.78 is 6.25. The Balaban J connectivity index is 4.41. The van der Waals surface area contributed by atoms with Crippen LogP contribution in [-0.2, 0) is 4.43 Å². The van der Waals surface area contributed by atoms with E-state index in [-0.39, 0.29) is 4.75 Å². The lowest BCUT2D eigenvalue weighted by Gasteiger charge is -2.26. The summed E-state index contributed by atoms with van der Waals surface area (Å²) in [5.74, 6) is 0. The van der Waals surface area contributed by atoms with Crippen LogP contribution in [0.15, 0.2) is 11.2 Å². The first-order valence-electron chi connectivity index (χ1n) is 5.22. The van der Waals surface area contributed by atoms with Gasteiger partial charge in [0.2, 0.25) is 8.32 Å². The monoisotopic (exact) mass is 232 g/mol. The lowest BCUT2D eigenvalue weighted by atomic mass is 10.3. The molecule has 0 aromatic rings. The third-order valence-electron chi connectivity index (χ3n) is 1.18. The van der Waals surface area contributed by atoms with Crippen molar-refractivity contribution < 1.29 is 4.43 Å². The molecule has 0 unspecified atom stereocenters. The highest BCUT2D eigenvalue weighted by Gasteiger charge is 2.21. The quantitative estimate of drug-likeness (QED) is 0.516. The van der Waals surface area contributed by atoms with Gasteiger partial charge in [-0.15, -0.1) is 0 Å². The van der Waals surface area contributed by atoms with Gasteiger partial charge in [-0.2, -0.15) is 0 Å². The van der Waals surface area contributed by atoms with E-state index in [0.29, 0.717) is 0 Å². The number of hydrogen-bond acceptors (Lipinski definition) is 2. The molecule has 84 valence electrons. The van der Waals surface area contributed by atoms with Crippen molar-refractivity contribution >= 4 is 20.1 Å². The molecule has 0 saturated carbocycles. The average Bonchev–Trinajstić information content (AvgIpc) is 1.78. The first-order chi connectivity index (χ1) is 6.14. The Hall–Kier alpha value is 0.107. The maximum atomic E-state index is 6.02. The summed E-state index contributed by atoms with van der Waals surface area (Å²) in [6.07, 6.45) is 3.23. The fourth-order valence-electron chi connectivity index (χ4n) is 0.874. The van der Waals surface area contributed by atoms with Crippen molar-refractivity contribution in [3.05, 3.63) is 11.2 Å². The van der Waals surface area contributed by atoms with Gasteiger partial charge in [0.05, 0.1) is 0 Å². The van der Waals surface area contributed by atoms with Gasteiger partial charge < -0.3 is 4.43 Å². The standard InChI is InChI=1S/C11H24OSSi/c1-8-9-10(12-14(5,6)7)13-11(2,3)4/h9H,8H2,1-7H3/b10-9-. The van der Waals surface area contributed by atoms with Gasteiger partial charge in [0.25, 0.3) is 0 Å². The molecule has 0 heterocycles. The minimum Gasteiger partial charge on any atom is -0.540 e. The van der Waals surface area contributed by atoms with E-state index < -0.39 is 8.32 Å². The van der Waals surface area contributed by atoms with Crippen LogP contribution in [-0.4, -0.2) is 13.1 Å². The van der Waals surface area contributed by atoms with Gasteiger partial charge in [0.1, 0.15) is 5.09 Å². The Morgan fingerprint density at radius 1 is 1.29 bits per heavy atom. The number of rotatable bonds is 4. The van der Waals surface area contributed by atoms with Crippen molar-refractivity contribution in [3.8, 4) is 0 Å². The molecule has 0 amide bonds. The Morgan fingerprint density at radius 3 is 2.07 bits per heavy atom. The minimum absolute atomic E-state index is 0.237. The third-order valence-corrected chi connectivity index (χ3v) is 3.23. The summed E-state index contributed by atoms with van der Waals surface area (Å²) in [6, 6.07) is 0. The van der Waals surface area contributed by atoms with Gasteiger partial charge in [-0.3, -0.25) is 0 Å². The molecule has 0 aromatic carbocycles. The highest BCUT2D eigenvalue weighted by atomic mass is 32.2. The Kier molecular flexibility index (Phi) is 5.30. The van der Waals surface area contributed by atoms with Crippen LogP contribution in [0.2, 0.25) is 19.6 Å². The molecule has 0 aliphatic carbocycles. The second kappa shape index (κ2) is 5.26. The van der Waals surface area contributed by atoms with Gasteiger partial charge in [-0.25, -0.2) is 0 Å². The van der Waals surface area contributed by atoms with E-state index in [4.69, 9.17) is 4.43 Å². The molecule has 1 nitrogen and oxygen atoms in total. The predicted molar refractivity (Wildman–Crippen MR) is 70.1 cm³/mol. The highest BCUT2D eigenvalue weighted by molar-refractivity contribution is 8.04. The minimum atomic E-state index is -1.45. The molecule has 0 aliphatic heterocycles. The van der Waals surface area contributed by atoms with E-state index in [1.54, 1.807) is 0 Å². The summed E-state index contributed by atoms with van der Waals surface area (Å²) >= 11 is 1.83. The van der Waals surface area contributed by atoms with Gasteiger partial charge in [0, 0.05) is 4.75 Å². The number of thioether (sulfide) groups is 1. The van der Waals surface area contributed by atoms with E-state index in [0.717, 1.165) is 11.5 Å². The van der Waals surface area contributed by atoms with Crippen LogP contribution in [0.25, 0.3) is 0 Å². The number of hydrogen-bond donors (Lipinski definition) is 0. The van der Waals surface area contributed by atoms with E-state index in [1.807, 2.05) is 11.8 Å². The van der Waals surface area contributed by atoms with Crippen molar-refractivity contribution in [2.45, 2.75) is 58.5 Å². The molecule has 0 bridgehead atoms. The molecule has 0 N–H and O–H groups in total. The molecule has 0 atom stereocenters. The topological polar surface area (TPSA) is 9.23 Å². The lowest BCUT2D eigenvalue weighted by molar-refractivity contribution is 0.459. The maximum Gasteiger partial charge on any atom is 0.242 e. The normalized spacial score (nSPS) is 14.4. The molecule has 14 heavy (non-hydrogen) atoms.